The largest absolute Gasteiger partial charge is 1.00 e. The topological polar surface area (TPSA) is 0 Å². The predicted molar refractivity (Wildman–Crippen MR) is 175 cm³/mol. The Morgan fingerprint density at radius 2 is 1.37 bits per heavy atom. The van der Waals surface area contributed by atoms with E-state index in [0.717, 1.165) is 17.9 Å². The fourth-order valence-corrected chi connectivity index (χ4v) is 15.5. The van der Waals surface area contributed by atoms with E-state index in [2.05, 4.69) is 145 Å². The minimum Gasteiger partial charge on any atom is -1.00 e. The van der Waals surface area contributed by atoms with Gasteiger partial charge in [-0.15, -0.1) is 0 Å². The van der Waals surface area contributed by atoms with Gasteiger partial charge in [0.2, 0.25) is 0 Å². The van der Waals surface area contributed by atoms with Crippen molar-refractivity contribution in [2.75, 3.05) is 0 Å². The van der Waals surface area contributed by atoms with Crippen molar-refractivity contribution in [1.82, 2.24) is 0 Å². The molecule has 0 fully saturated rings. The number of rotatable bonds is 4. The molecule has 0 saturated heterocycles. The van der Waals surface area contributed by atoms with Crippen molar-refractivity contribution >= 4 is 18.1 Å². The molecular formula is C39H39Cl3Zr. The van der Waals surface area contributed by atoms with Crippen LogP contribution in [-0.2, 0) is 38.5 Å². The van der Waals surface area contributed by atoms with Crippen LogP contribution in [0, 0.1) is 0 Å². The van der Waals surface area contributed by atoms with Gasteiger partial charge in [0.05, 0.1) is 0 Å². The van der Waals surface area contributed by atoms with Crippen LogP contribution in [0.3, 0.4) is 0 Å². The average molecular weight is 705 g/mol. The number of fused-ring (bicyclic) bond motifs is 3. The first-order valence-corrected chi connectivity index (χ1v) is 18.8. The Kier molecular flexibility index (Phi) is 10.4. The zero-order chi connectivity index (χ0) is 28.9. The van der Waals surface area contributed by atoms with Gasteiger partial charge in [0.1, 0.15) is 0 Å². The van der Waals surface area contributed by atoms with Crippen molar-refractivity contribution in [3.05, 3.63) is 145 Å². The number of hydrogen-bond acceptors (Lipinski definition) is 0. The molecule has 0 radical (unpaired) electrons. The van der Waals surface area contributed by atoms with E-state index in [1.54, 1.807) is 15.3 Å². The van der Waals surface area contributed by atoms with Crippen LogP contribution in [0.1, 0.15) is 81.3 Å². The third-order valence-electron chi connectivity index (χ3n) is 8.54. The molecule has 4 aromatic carbocycles. The molecule has 0 amide bonds. The average Bonchev–Trinajstić information content (AvgIpc) is 3.59. The zero-order valence-corrected chi connectivity index (χ0v) is 30.6. The van der Waals surface area contributed by atoms with Crippen LogP contribution in [0.4, 0.5) is 0 Å². The van der Waals surface area contributed by atoms with Gasteiger partial charge in [-0.1, -0.05) is 0 Å². The summed E-state index contributed by atoms with van der Waals surface area (Å²) in [7, 11) is 0. The standard InChI is InChI=1S/C21H25.C13H9Cl.C5H5.2ClH.Zr/c1-20(2,3)16-7-9-18-14(12-16)11-15-13-17(21(4,5)6)8-10-19(15)18;14-13-8-6-12(7-9-13)10-11-4-2-1-3-5-11;1-2-4-5-3-1;;;/h7-10,12H,11H2,1-6H3;1-9H;1-3H,4H2;2*1H;/q;;;;;+2/p-2. The molecule has 0 atom stereocenters. The van der Waals surface area contributed by atoms with Crippen LogP contribution in [0.2, 0.25) is 5.02 Å². The molecule has 0 bridgehead atoms. The Morgan fingerprint density at radius 1 is 0.721 bits per heavy atom. The number of hydrogen-bond donors (Lipinski definition) is 0. The summed E-state index contributed by atoms with van der Waals surface area (Å²) in [6.07, 6.45) is 9.14. The van der Waals surface area contributed by atoms with Crippen molar-refractivity contribution < 1.29 is 46.1 Å². The summed E-state index contributed by atoms with van der Waals surface area (Å²) in [4.78, 5) is 0. The molecule has 220 valence electrons. The van der Waals surface area contributed by atoms with Gasteiger partial charge in [0, 0.05) is 0 Å². The molecule has 4 aromatic rings. The van der Waals surface area contributed by atoms with Crippen LogP contribution < -0.4 is 28.1 Å². The number of halogens is 3. The van der Waals surface area contributed by atoms with Gasteiger partial charge < -0.3 is 24.8 Å². The summed E-state index contributed by atoms with van der Waals surface area (Å²) in [6.45, 7) is 14.1. The van der Waals surface area contributed by atoms with Gasteiger partial charge in [-0.2, -0.15) is 0 Å². The summed E-state index contributed by atoms with van der Waals surface area (Å²) in [5, 5.41) is 0.786. The fourth-order valence-electron chi connectivity index (χ4n) is 6.41. The fraction of sp³-hybridized carbons (Fsp3) is 0.256. The van der Waals surface area contributed by atoms with Gasteiger partial charge in [-0.05, 0) is 0 Å². The smallest absolute Gasteiger partial charge is 1.00 e. The van der Waals surface area contributed by atoms with Gasteiger partial charge in [0.25, 0.3) is 0 Å². The van der Waals surface area contributed by atoms with Crippen molar-refractivity contribution in [2.45, 2.75) is 65.2 Å². The van der Waals surface area contributed by atoms with E-state index in [4.69, 9.17) is 11.6 Å². The van der Waals surface area contributed by atoms with Crippen molar-refractivity contribution in [2.24, 2.45) is 0 Å². The maximum Gasteiger partial charge on any atom is -1.00 e. The molecule has 2 aliphatic rings. The van der Waals surface area contributed by atoms with E-state index >= 15 is 0 Å². The minimum absolute atomic E-state index is 0. The van der Waals surface area contributed by atoms with Crippen molar-refractivity contribution in [1.29, 1.82) is 0 Å². The van der Waals surface area contributed by atoms with Crippen LogP contribution >= 0.6 is 11.6 Å². The molecule has 2 aliphatic carbocycles. The van der Waals surface area contributed by atoms with Crippen LogP contribution in [0.15, 0.2) is 106 Å². The summed E-state index contributed by atoms with van der Waals surface area (Å²) in [5.41, 5.74) is 11.7. The Morgan fingerprint density at radius 3 is 1.98 bits per heavy atom. The maximum atomic E-state index is 6.43. The molecule has 0 saturated carbocycles. The van der Waals surface area contributed by atoms with Crippen LogP contribution in [0.5, 0.6) is 0 Å². The van der Waals surface area contributed by atoms with Crippen molar-refractivity contribution in [3.8, 4) is 11.1 Å². The minimum atomic E-state index is -2.76. The summed E-state index contributed by atoms with van der Waals surface area (Å²) >= 11 is 3.66. The second kappa shape index (κ2) is 13.1. The molecule has 0 N–H and O–H groups in total. The first-order valence-electron chi connectivity index (χ1n) is 14.7. The quantitative estimate of drug-likeness (QED) is 0.267. The third-order valence-corrected chi connectivity index (χ3v) is 16.6. The summed E-state index contributed by atoms with van der Waals surface area (Å²) in [5.74, 6) is 0. The Labute approximate surface area is 283 Å². The van der Waals surface area contributed by atoms with Crippen molar-refractivity contribution in [3.63, 3.8) is 0 Å². The first kappa shape index (κ1) is 33.9. The molecule has 0 aromatic heterocycles. The normalized spacial score (nSPS) is 13.8. The van der Waals surface area contributed by atoms with E-state index in [0.29, 0.717) is 0 Å². The molecule has 6 rings (SSSR count). The summed E-state index contributed by atoms with van der Waals surface area (Å²) < 4.78 is 4.87. The second-order valence-electron chi connectivity index (χ2n) is 13.5. The first-order chi connectivity index (χ1) is 19.5. The molecule has 0 aliphatic heterocycles. The molecule has 4 heteroatoms. The SMILES string of the molecule is CC(C)(C)c1ccc2c(c1)Cc1c-2ccc(C(C)(C)C)[c]1/[Zr+2]([C]1=CC=CC1)=[C](/c1ccccc1)c1ccc(Cl)cc1.[Cl-].[Cl-]. The third kappa shape index (κ3) is 6.67. The molecule has 0 nitrogen and oxygen atoms in total. The van der Waals surface area contributed by atoms with Crippen LogP contribution in [-0.4, -0.2) is 3.21 Å². The number of allylic oxidation sites excluding steroid dienone is 4. The summed E-state index contributed by atoms with van der Waals surface area (Å²) in [6, 6.07) is 31.9. The van der Waals surface area contributed by atoms with Gasteiger partial charge in [-0.25, -0.2) is 0 Å². The van der Waals surface area contributed by atoms with Gasteiger partial charge in [-0.3, -0.25) is 0 Å². The van der Waals surface area contributed by atoms with Gasteiger partial charge >= 0.3 is 261 Å². The van der Waals surface area contributed by atoms with E-state index in [-0.39, 0.29) is 35.6 Å². The molecular weight excluding hydrogens is 666 g/mol. The zero-order valence-electron chi connectivity index (χ0n) is 25.9. The van der Waals surface area contributed by atoms with E-state index in [9.17, 15) is 0 Å². The monoisotopic (exact) mass is 702 g/mol. The van der Waals surface area contributed by atoms with E-state index in [1.165, 1.54) is 38.9 Å². The van der Waals surface area contributed by atoms with E-state index in [1.807, 2.05) is 0 Å². The predicted octanol–water partition coefficient (Wildman–Crippen LogP) is 3.87. The molecule has 0 spiro atoms. The molecule has 0 heterocycles. The molecule has 43 heavy (non-hydrogen) atoms. The Hall–Kier alpha value is -2.02. The Bertz CT molecular complexity index is 1730. The number of benzene rings is 4. The van der Waals surface area contributed by atoms with Crippen LogP contribution in [0.25, 0.3) is 11.1 Å². The van der Waals surface area contributed by atoms with Gasteiger partial charge in [0.15, 0.2) is 0 Å². The molecule has 0 unspecified atom stereocenters. The second-order valence-corrected chi connectivity index (χ2v) is 19.8. The Balaban J connectivity index is 0.00000212. The maximum absolute atomic E-state index is 6.43. The van der Waals surface area contributed by atoms with E-state index < -0.39 is 21.3 Å².